The van der Waals surface area contributed by atoms with Gasteiger partial charge in [-0.25, -0.2) is 18.4 Å². The number of fused-ring (bicyclic) bond motifs is 2. The Morgan fingerprint density at radius 3 is 1.23 bits per heavy atom. The molecule has 6 amide bonds. The van der Waals surface area contributed by atoms with Crippen LogP contribution in [0.3, 0.4) is 0 Å². The van der Waals surface area contributed by atoms with E-state index in [1.54, 1.807) is 85.7 Å². The van der Waals surface area contributed by atoms with E-state index in [1.165, 1.54) is 24.3 Å². The molecule has 20 nitrogen and oxygen atoms in total. The fourth-order valence-corrected chi connectivity index (χ4v) is 11.0. The highest BCUT2D eigenvalue weighted by Crippen LogP contribution is 2.37. The van der Waals surface area contributed by atoms with Gasteiger partial charge in [-0.15, -0.1) is 0 Å². The number of halogens is 2. The number of nitrogens with one attached hydrogen (secondary N) is 4. The molecule has 8 rings (SSSR count). The van der Waals surface area contributed by atoms with Gasteiger partial charge < -0.3 is 69.3 Å². The largest absolute Gasteiger partial charge is 0.445 e. The van der Waals surface area contributed by atoms with E-state index in [2.05, 4.69) is 33.1 Å². The molecule has 4 N–H and O–H groups in total. The van der Waals surface area contributed by atoms with Gasteiger partial charge in [0.2, 0.25) is 23.6 Å². The van der Waals surface area contributed by atoms with Crippen molar-refractivity contribution < 1.29 is 66.0 Å². The number of hydrogen-bond donors (Lipinski definition) is 4. The number of benzene rings is 4. The summed E-state index contributed by atoms with van der Waals surface area (Å²) in [4.78, 5) is 90.7. The number of nitrogens with zero attached hydrogens (tertiary/aromatic N) is 4. The van der Waals surface area contributed by atoms with Crippen molar-refractivity contribution >= 4 is 35.8 Å². The minimum atomic E-state index is -1.21. The van der Waals surface area contributed by atoms with Crippen LogP contribution >= 0.6 is 0 Å². The Balaban J connectivity index is 0.931. The lowest BCUT2D eigenvalue weighted by Crippen LogP contribution is -2.59. The van der Waals surface area contributed by atoms with Gasteiger partial charge in [-0.05, 0) is 101 Å². The number of likely N-dealkylation sites (N-methyl/N-ethyl adjacent to an activating group) is 2. The second-order valence-corrected chi connectivity index (χ2v) is 21.5. The molecule has 12 atom stereocenters. The highest BCUT2D eigenvalue weighted by atomic mass is 19.1. The maximum Gasteiger partial charge on any atom is 0.410 e. The second kappa shape index (κ2) is 29.8. The predicted molar refractivity (Wildman–Crippen MR) is 304 cm³/mol. The normalized spacial score (nSPS) is 21.9. The summed E-state index contributed by atoms with van der Waals surface area (Å²) in [5.41, 5.74) is 3.01. The minimum absolute atomic E-state index is 0.0446. The molecule has 0 spiro atoms. The lowest BCUT2D eigenvalue weighted by atomic mass is 10.1. The molecular weight excluding hydrogens is 1090 g/mol. The molecular formula is C62H76F2N8O12. The number of hydrogen-bond acceptors (Lipinski definition) is 14. The SMILES string of the molecule is CN[C@@H](C)C(=O)N[C@H](C(=O)N1CC[C@@H]2[C@H]1[C@@H](OCc1ccc(F)cc1)CN2C(=O)OCc1ccccc1)[C@@H](C)OCC#CCO[C@H](C)[C@H](NC(=O)[C@H](C)NC)C(=O)N1CC[C@@H]2[C@H]1[C@@H](OCc1ccc(F)cc1)CN2C(=O)OCc1ccccc1. The molecule has 0 unspecified atom stereocenters. The van der Waals surface area contributed by atoms with Crippen LogP contribution in [-0.4, -0.2) is 182 Å². The van der Waals surface area contributed by atoms with E-state index in [9.17, 15) is 37.5 Å². The third-order valence-corrected chi connectivity index (χ3v) is 16.0. The Hall–Kier alpha value is -7.52. The number of amides is 6. The molecule has 0 saturated carbocycles. The summed E-state index contributed by atoms with van der Waals surface area (Å²) in [6.45, 7) is 7.14. The van der Waals surface area contributed by atoms with Crippen LogP contribution in [0.25, 0.3) is 0 Å². The van der Waals surface area contributed by atoms with Gasteiger partial charge in [-0.3, -0.25) is 19.2 Å². The predicted octanol–water partition coefficient (Wildman–Crippen LogP) is 4.68. The van der Waals surface area contributed by atoms with E-state index < -0.39 is 120 Å². The molecule has 0 aliphatic carbocycles. The van der Waals surface area contributed by atoms with E-state index >= 15 is 0 Å². The lowest BCUT2D eigenvalue weighted by molar-refractivity contribution is -0.143. The molecule has 4 fully saturated rings. The van der Waals surface area contributed by atoms with Gasteiger partial charge in [0.15, 0.2) is 0 Å². The van der Waals surface area contributed by atoms with Crippen molar-refractivity contribution in [2.45, 2.75) is 140 Å². The minimum Gasteiger partial charge on any atom is -0.445 e. The molecule has 0 bridgehead atoms. The van der Waals surface area contributed by atoms with Gasteiger partial charge in [0.25, 0.3) is 0 Å². The van der Waals surface area contributed by atoms with Gasteiger partial charge in [0, 0.05) is 13.1 Å². The fraction of sp³-hybridized carbons (Fsp3) is 0.484. The molecule has 4 heterocycles. The Kier molecular flexibility index (Phi) is 22.2. The van der Waals surface area contributed by atoms with Crippen LogP contribution < -0.4 is 21.3 Å². The number of likely N-dealkylation sites (tertiary alicyclic amines) is 4. The molecule has 22 heteroatoms. The first-order chi connectivity index (χ1) is 40.5. The number of carbonyl (C=O) groups is 6. The van der Waals surface area contributed by atoms with E-state index in [0.29, 0.717) is 24.0 Å². The Morgan fingerprint density at radius 2 is 0.869 bits per heavy atom. The first-order valence-electron chi connectivity index (χ1n) is 28.5. The van der Waals surface area contributed by atoms with E-state index in [1.807, 2.05) is 60.7 Å². The average molecular weight is 1160 g/mol. The molecule has 0 aromatic heterocycles. The van der Waals surface area contributed by atoms with Crippen LogP contribution in [0.5, 0.6) is 0 Å². The number of rotatable bonds is 24. The third kappa shape index (κ3) is 15.8. The zero-order valence-electron chi connectivity index (χ0n) is 48.2. The van der Waals surface area contributed by atoms with Crippen molar-refractivity contribution in [2.24, 2.45) is 0 Å². The maximum absolute atomic E-state index is 14.9. The summed E-state index contributed by atoms with van der Waals surface area (Å²) in [6, 6.07) is 24.3. The molecule has 4 saturated heterocycles. The van der Waals surface area contributed by atoms with E-state index in [4.69, 9.17) is 28.4 Å². The van der Waals surface area contributed by atoms with Crippen molar-refractivity contribution in [1.82, 2.24) is 40.9 Å². The zero-order chi connectivity index (χ0) is 59.9. The smallest absolute Gasteiger partial charge is 0.410 e. The topological polar surface area (TPSA) is 219 Å². The summed E-state index contributed by atoms with van der Waals surface area (Å²) in [5, 5.41) is 11.6. The third-order valence-electron chi connectivity index (χ3n) is 16.0. The highest BCUT2D eigenvalue weighted by molar-refractivity contribution is 5.91. The van der Waals surface area contributed by atoms with E-state index in [0.717, 1.165) is 11.1 Å². The molecule has 0 radical (unpaired) electrons. The van der Waals surface area contributed by atoms with Crippen molar-refractivity contribution in [3.63, 3.8) is 0 Å². The van der Waals surface area contributed by atoms with Gasteiger partial charge in [-0.2, -0.15) is 0 Å². The standard InChI is InChI=1S/C62H76F2N8O12/c1-39(65-5)57(73)67-53(59(75)69-29-27-49-55(69)51(81-35-45-19-23-47(63)24-20-45)33-71(49)61(77)83-37-43-15-9-7-10-16-43)41(3)79-31-13-14-32-80-42(4)54(68-58(74)40(2)66-6)60(76)70-30-28-50-56(70)52(82-36-46-21-25-48(64)26-22-46)34-72(50)62(78)84-38-44-17-11-8-12-18-44/h7-12,15-26,39-42,49-56,65-66H,27-38H2,1-6H3,(H,67,73)(H,68,74)/t39-,40-,41+,42+,49+,50+,51-,52-,53-,54-,55-,56-/m0/s1. The van der Waals surface area contributed by atoms with Crippen LogP contribution in [0.4, 0.5) is 18.4 Å². The molecule has 4 aliphatic heterocycles. The van der Waals surface area contributed by atoms with Crippen LogP contribution in [0, 0.1) is 23.5 Å². The van der Waals surface area contributed by atoms with E-state index in [-0.39, 0.29) is 65.8 Å². The Labute approximate surface area is 489 Å². The van der Waals surface area contributed by atoms with Crippen molar-refractivity contribution in [3.05, 3.63) is 143 Å². The number of ether oxygens (including phenoxy) is 6. The molecule has 4 aromatic carbocycles. The zero-order valence-corrected chi connectivity index (χ0v) is 48.2. The van der Waals surface area contributed by atoms with Crippen LogP contribution in [0.1, 0.15) is 62.8 Å². The molecule has 84 heavy (non-hydrogen) atoms. The summed E-state index contributed by atoms with van der Waals surface area (Å²) in [7, 11) is 3.24. The van der Waals surface area contributed by atoms with Crippen LogP contribution in [-0.2, 0) is 74.0 Å². The number of carbonyl (C=O) groups excluding carboxylic acids is 6. The average Bonchev–Trinajstić information content (AvgIpc) is 4.19. The van der Waals surface area contributed by atoms with Crippen molar-refractivity contribution in [1.29, 1.82) is 0 Å². The maximum atomic E-state index is 14.9. The van der Waals surface area contributed by atoms with Crippen LogP contribution in [0.15, 0.2) is 109 Å². The fourth-order valence-electron chi connectivity index (χ4n) is 11.0. The molecule has 4 aromatic rings. The summed E-state index contributed by atoms with van der Waals surface area (Å²) in [5.74, 6) is 3.19. The Bertz CT molecular complexity index is 2730. The second-order valence-electron chi connectivity index (χ2n) is 21.5. The van der Waals surface area contributed by atoms with Gasteiger partial charge >= 0.3 is 12.2 Å². The first-order valence-corrected chi connectivity index (χ1v) is 28.5. The summed E-state index contributed by atoms with van der Waals surface area (Å²) < 4.78 is 64.3. The quantitative estimate of drug-likeness (QED) is 0.0701. The van der Waals surface area contributed by atoms with Gasteiger partial charge in [0.1, 0.15) is 50.1 Å². The molecule has 450 valence electrons. The van der Waals surface area contributed by atoms with Gasteiger partial charge in [-0.1, -0.05) is 96.8 Å². The Morgan fingerprint density at radius 1 is 0.512 bits per heavy atom. The van der Waals surface area contributed by atoms with Crippen molar-refractivity contribution in [2.75, 3.05) is 53.5 Å². The lowest BCUT2D eigenvalue weighted by Gasteiger charge is -2.34. The van der Waals surface area contributed by atoms with Gasteiger partial charge in [0.05, 0.1) is 87.0 Å². The van der Waals surface area contributed by atoms with Crippen molar-refractivity contribution in [3.8, 4) is 11.8 Å². The first kappa shape index (κ1) is 62.5. The van der Waals surface area contributed by atoms with Crippen LogP contribution in [0.2, 0.25) is 0 Å². The molecule has 4 aliphatic rings. The highest BCUT2D eigenvalue weighted by Gasteiger charge is 2.56. The summed E-state index contributed by atoms with van der Waals surface area (Å²) in [6.07, 6.45) is -3.52. The summed E-state index contributed by atoms with van der Waals surface area (Å²) >= 11 is 0. The monoisotopic (exact) mass is 1160 g/mol.